The third-order valence-electron chi connectivity index (χ3n) is 1.86. The highest BCUT2D eigenvalue weighted by Crippen LogP contribution is 2.17. The first kappa shape index (κ1) is 8.67. The Hall–Kier alpha value is -1.92. The molecule has 0 unspecified atom stereocenters. The minimum absolute atomic E-state index is 0.138. The predicted molar refractivity (Wildman–Crippen MR) is 52.3 cm³/mol. The van der Waals surface area contributed by atoms with Gasteiger partial charge >= 0.3 is 0 Å². The maximum absolute atomic E-state index is 5.62. The van der Waals surface area contributed by atoms with E-state index in [1.165, 1.54) is 0 Å². The number of aromatic nitrogens is 5. The van der Waals surface area contributed by atoms with Crippen molar-refractivity contribution in [3.63, 3.8) is 0 Å². The Balaban J connectivity index is 2.78. The normalized spacial score (nSPS) is 11.4. The molecule has 0 fully saturated rings. The molecule has 7 heteroatoms. The number of nitrogen functional groups attached to an aromatic ring is 2. The van der Waals surface area contributed by atoms with Crippen LogP contribution in [0, 0.1) is 0 Å². The fourth-order valence-electron chi connectivity index (χ4n) is 1.22. The van der Waals surface area contributed by atoms with E-state index in [-0.39, 0.29) is 17.8 Å². The van der Waals surface area contributed by atoms with Crippen LogP contribution in [-0.2, 0) is 0 Å². The van der Waals surface area contributed by atoms with E-state index in [0.29, 0.717) is 11.2 Å². The first-order valence-electron chi connectivity index (χ1n) is 4.23. The van der Waals surface area contributed by atoms with Gasteiger partial charge in [-0.15, -0.1) is 5.10 Å². The SMILES string of the molecule is CC(C)n1nnc2c(N)nc(N)nc21. The second-order valence-corrected chi connectivity index (χ2v) is 3.27. The van der Waals surface area contributed by atoms with Crippen molar-refractivity contribution in [2.75, 3.05) is 11.5 Å². The standard InChI is InChI=1S/C7H11N7/c1-3(2)14-6-4(12-13-14)5(8)10-7(9)11-6/h3H,1-2H3,(H4,8,9,10,11). The van der Waals surface area contributed by atoms with Gasteiger partial charge in [-0.2, -0.15) is 9.97 Å². The number of nitrogens with zero attached hydrogens (tertiary/aromatic N) is 5. The molecule has 0 aromatic carbocycles. The largest absolute Gasteiger partial charge is 0.382 e. The average Bonchev–Trinajstić information content (AvgIpc) is 2.47. The molecule has 0 aliphatic rings. The van der Waals surface area contributed by atoms with Crippen molar-refractivity contribution >= 4 is 22.9 Å². The average molecular weight is 193 g/mol. The Labute approximate surface area is 80.1 Å². The van der Waals surface area contributed by atoms with Crippen LogP contribution < -0.4 is 11.5 Å². The molecule has 0 aliphatic heterocycles. The first-order chi connectivity index (χ1) is 6.59. The summed E-state index contributed by atoms with van der Waals surface area (Å²) in [5.74, 6) is 0.401. The van der Waals surface area contributed by atoms with Crippen LogP contribution in [-0.4, -0.2) is 25.0 Å². The van der Waals surface area contributed by atoms with Crippen molar-refractivity contribution in [1.82, 2.24) is 25.0 Å². The summed E-state index contributed by atoms with van der Waals surface area (Å²) in [6.45, 7) is 3.95. The van der Waals surface area contributed by atoms with Crippen molar-refractivity contribution in [1.29, 1.82) is 0 Å². The van der Waals surface area contributed by atoms with Crippen LogP contribution >= 0.6 is 0 Å². The molecule has 0 aliphatic carbocycles. The van der Waals surface area contributed by atoms with E-state index in [4.69, 9.17) is 11.5 Å². The molecule has 0 saturated carbocycles. The lowest BCUT2D eigenvalue weighted by Crippen LogP contribution is -2.06. The summed E-state index contributed by atoms with van der Waals surface area (Å²) in [6.07, 6.45) is 0. The van der Waals surface area contributed by atoms with Crippen molar-refractivity contribution in [3.05, 3.63) is 0 Å². The summed E-state index contributed by atoms with van der Waals surface area (Å²) in [5, 5.41) is 7.81. The molecular weight excluding hydrogens is 182 g/mol. The Morgan fingerprint density at radius 3 is 2.57 bits per heavy atom. The number of hydrogen-bond donors (Lipinski definition) is 2. The van der Waals surface area contributed by atoms with E-state index < -0.39 is 0 Å². The monoisotopic (exact) mass is 193 g/mol. The van der Waals surface area contributed by atoms with Crippen LogP contribution in [0.25, 0.3) is 11.2 Å². The maximum atomic E-state index is 5.62. The van der Waals surface area contributed by atoms with E-state index in [0.717, 1.165) is 0 Å². The third-order valence-corrected chi connectivity index (χ3v) is 1.86. The Kier molecular flexibility index (Phi) is 1.73. The number of rotatable bonds is 1. The van der Waals surface area contributed by atoms with Gasteiger partial charge in [-0.25, -0.2) is 4.68 Å². The first-order valence-corrected chi connectivity index (χ1v) is 4.23. The quantitative estimate of drug-likeness (QED) is 0.658. The van der Waals surface area contributed by atoms with E-state index in [2.05, 4.69) is 20.3 Å². The smallest absolute Gasteiger partial charge is 0.224 e. The van der Waals surface area contributed by atoms with Crippen LogP contribution in [0.15, 0.2) is 0 Å². The molecule has 14 heavy (non-hydrogen) atoms. The lowest BCUT2D eigenvalue weighted by Gasteiger charge is -2.04. The second-order valence-electron chi connectivity index (χ2n) is 3.27. The zero-order valence-corrected chi connectivity index (χ0v) is 7.97. The van der Waals surface area contributed by atoms with E-state index in [1.807, 2.05) is 13.8 Å². The van der Waals surface area contributed by atoms with Crippen molar-refractivity contribution in [2.45, 2.75) is 19.9 Å². The molecule has 2 aromatic heterocycles. The summed E-state index contributed by atoms with van der Waals surface area (Å²) < 4.78 is 1.66. The van der Waals surface area contributed by atoms with Gasteiger partial charge in [0.2, 0.25) is 5.95 Å². The second kappa shape index (κ2) is 2.79. The van der Waals surface area contributed by atoms with E-state index >= 15 is 0 Å². The Bertz CT molecular complexity index is 472. The minimum atomic E-state index is 0.138. The van der Waals surface area contributed by atoms with Gasteiger partial charge in [0.1, 0.15) is 0 Å². The van der Waals surface area contributed by atoms with Crippen molar-refractivity contribution in [3.8, 4) is 0 Å². The fourth-order valence-corrected chi connectivity index (χ4v) is 1.22. The van der Waals surface area contributed by atoms with Gasteiger partial charge in [-0.1, -0.05) is 5.21 Å². The number of anilines is 2. The zero-order valence-electron chi connectivity index (χ0n) is 7.97. The molecule has 0 radical (unpaired) electrons. The summed E-state index contributed by atoms with van der Waals surface area (Å²) in [7, 11) is 0. The molecule has 74 valence electrons. The molecule has 7 nitrogen and oxygen atoms in total. The zero-order chi connectivity index (χ0) is 10.3. The van der Waals surface area contributed by atoms with Gasteiger partial charge in [-0.05, 0) is 13.8 Å². The van der Waals surface area contributed by atoms with Crippen LogP contribution in [0.5, 0.6) is 0 Å². The highest BCUT2D eigenvalue weighted by atomic mass is 15.5. The summed E-state index contributed by atoms with van der Waals surface area (Å²) in [4.78, 5) is 7.85. The maximum Gasteiger partial charge on any atom is 0.224 e. The fraction of sp³-hybridized carbons (Fsp3) is 0.429. The van der Waals surface area contributed by atoms with Crippen LogP contribution in [0.4, 0.5) is 11.8 Å². The van der Waals surface area contributed by atoms with Gasteiger partial charge < -0.3 is 11.5 Å². The lowest BCUT2D eigenvalue weighted by molar-refractivity contribution is 0.526. The molecule has 0 atom stereocenters. The van der Waals surface area contributed by atoms with Crippen LogP contribution in [0.3, 0.4) is 0 Å². The molecule has 0 bridgehead atoms. The molecule has 0 spiro atoms. The highest BCUT2D eigenvalue weighted by Gasteiger charge is 2.12. The molecule has 0 saturated heterocycles. The van der Waals surface area contributed by atoms with Gasteiger partial charge in [0, 0.05) is 0 Å². The van der Waals surface area contributed by atoms with Crippen LogP contribution in [0.2, 0.25) is 0 Å². The summed E-state index contributed by atoms with van der Waals surface area (Å²) >= 11 is 0. The number of nitrogens with two attached hydrogens (primary N) is 2. The van der Waals surface area contributed by atoms with Crippen LogP contribution in [0.1, 0.15) is 19.9 Å². The van der Waals surface area contributed by atoms with E-state index in [1.54, 1.807) is 4.68 Å². The Morgan fingerprint density at radius 2 is 1.93 bits per heavy atom. The number of hydrogen-bond acceptors (Lipinski definition) is 6. The summed E-state index contributed by atoms with van der Waals surface area (Å²) in [5.41, 5.74) is 12.2. The summed E-state index contributed by atoms with van der Waals surface area (Å²) in [6, 6.07) is 0.161. The van der Waals surface area contributed by atoms with E-state index in [9.17, 15) is 0 Å². The molecule has 2 heterocycles. The molecule has 2 aromatic rings. The minimum Gasteiger partial charge on any atom is -0.382 e. The molecular formula is C7H11N7. The third kappa shape index (κ3) is 1.13. The topological polar surface area (TPSA) is 109 Å². The molecule has 0 amide bonds. The van der Waals surface area contributed by atoms with Gasteiger partial charge in [0.25, 0.3) is 0 Å². The van der Waals surface area contributed by atoms with Gasteiger partial charge in [0.05, 0.1) is 6.04 Å². The molecule has 2 rings (SSSR count). The van der Waals surface area contributed by atoms with Crippen molar-refractivity contribution < 1.29 is 0 Å². The lowest BCUT2D eigenvalue weighted by atomic mass is 10.4. The van der Waals surface area contributed by atoms with Crippen molar-refractivity contribution in [2.24, 2.45) is 0 Å². The molecule has 4 N–H and O–H groups in total. The highest BCUT2D eigenvalue weighted by molar-refractivity contribution is 5.81. The van der Waals surface area contributed by atoms with Gasteiger partial charge in [-0.3, -0.25) is 0 Å². The Morgan fingerprint density at radius 1 is 1.21 bits per heavy atom. The predicted octanol–water partition coefficient (Wildman–Crippen LogP) is -0.0334. The van der Waals surface area contributed by atoms with Gasteiger partial charge in [0.15, 0.2) is 17.0 Å². The number of fused-ring (bicyclic) bond motifs is 1.